The molecule has 1 aliphatic carbocycles. The molecule has 2 fully saturated rings. The number of nitrogens with one attached hydrogen (secondary N) is 1. The van der Waals surface area contributed by atoms with Gasteiger partial charge >= 0.3 is 5.69 Å². The number of nitrogens with zero attached hydrogens (tertiary/aromatic N) is 2. The highest BCUT2D eigenvalue weighted by atomic mass is 16.5. The Labute approximate surface area is 121 Å². The fourth-order valence-electron chi connectivity index (χ4n) is 3.17. The van der Waals surface area contributed by atoms with Gasteiger partial charge in [-0.25, -0.2) is 4.79 Å². The van der Waals surface area contributed by atoms with Crippen LogP contribution in [0.15, 0.2) is 29.1 Å². The summed E-state index contributed by atoms with van der Waals surface area (Å²) in [5.74, 6) is 0.00246. The molecule has 21 heavy (non-hydrogen) atoms. The first kappa shape index (κ1) is 12.6. The Hall–Kier alpha value is -2.08. The first-order valence-electron chi connectivity index (χ1n) is 7.25. The van der Waals surface area contributed by atoms with E-state index in [0.29, 0.717) is 19.8 Å². The molecule has 0 atom stereocenters. The Morgan fingerprint density at radius 1 is 1.33 bits per heavy atom. The molecule has 1 saturated heterocycles. The molecule has 2 aromatic rings. The van der Waals surface area contributed by atoms with Gasteiger partial charge in [0.25, 0.3) is 0 Å². The number of H-pyrrole nitrogens is 1. The summed E-state index contributed by atoms with van der Waals surface area (Å²) in [4.78, 5) is 29.4. The second kappa shape index (κ2) is 4.46. The zero-order valence-corrected chi connectivity index (χ0v) is 11.7. The van der Waals surface area contributed by atoms with Gasteiger partial charge in [0.1, 0.15) is 6.54 Å². The number of aromatic amines is 1. The molecular weight excluding hydrogens is 270 g/mol. The van der Waals surface area contributed by atoms with Crippen LogP contribution in [0.4, 0.5) is 0 Å². The van der Waals surface area contributed by atoms with Crippen LogP contribution in [0.25, 0.3) is 11.0 Å². The number of hydrogen-bond acceptors (Lipinski definition) is 3. The van der Waals surface area contributed by atoms with E-state index in [1.165, 1.54) is 4.57 Å². The normalized spacial score (nSPS) is 20.1. The fourth-order valence-corrected chi connectivity index (χ4v) is 3.17. The zero-order chi connectivity index (χ0) is 14.4. The van der Waals surface area contributed by atoms with E-state index in [0.717, 1.165) is 23.9 Å². The van der Waals surface area contributed by atoms with E-state index in [2.05, 4.69) is 4.98 Å². The van der Waals surface area contributed by atoms with Gasteiger partial charge in [0, 0.05) is 6.54 Å². The summed E-state index contributed by atoms with van der Waals surface area (Å²) in [5.41, 5.74) is 1.21. The summed E-state index contributed by atoms with van der Waals surface area (Å²) in [6.45, 7) is 1.92. The first-order chi connectivity index (χ1) is 10.2. The molecule has 0 unspecified atom stereocenters. The van der Waals surface area contributed by atoms with Crippen molar-refractivity contribution in [1.29, 1.82) is 0 Å². The molecule has 4 rings (SSSR count). The van der Waals surface area contributed by atoms with Crippen LogP contribution < -0.4 is 5.69 Å². The molecule has 1 saturated carbocycles. The van der Waals surface area contributed by atoms with E-state index in [1.807, 2.05) is 29.2 Å². The third-order valence-electron chi connectivity index (χ3n) is 4.51. The van der Waals surface area contributed by atoms with Crippen molar-refractivity contribution >= 4 is 16.9 Å². The summed E-state index contributed by atoms with van der Waals surface area (Å²) >= 11 is 0. The Morgan fingerprint density at radius 3 is 2.95 bits per heavy atom. The molecule has 2 heterocycles. The number of ether oxygens (including phenoxy) is 1. The van der Waals surface area contributed by atoms with E-state index >= 15 is 0 Å². The topological polar surface area (TPSA) is 67.3 Å². The van der Waals surface area contributed by atoms with Gasteiger partial charge in [-0.2, -0.15) is 0 Å². The van der Waals surface area contributed by atoms with Gasteiger partial charge in [-0.1, -0.05) is 12.1 Å². The van der Waals surface area contributed by atoms with E-state index < -0.39 is 0 Å². The van der Waals surface area contributed by atoms with Crippen LogP contribution in [-0.2, 0) is 16.1 Å². The predicted octanol–water partition coefficient (Wildman–Crippen LogP) is 0.721. The fraction of sp³-hybridized carbons (Fsp3) is 0.467. The highest BCUT2D eigenvalue weighted by Crippen LogP contribution is 2.43. The smallest absolute Gasteiger partial charge is 0.326 e. The first-order valence-corrected chi connectivity index (χ1v) is 7.25. The van der Waals surface area contributed by atoms with Gasteiger partial charge < -0.3 is 14.6 Å². The number of amides is 1. The molecule has 1 amide bonds. The average Bonchev–Trinajstić information content (AvgIpc) is 3.18. The standard InChI is InChI=1S/C15H17N3O3/c19-13(18-7-8-21-10-15(18)5-6-15)9-17-12-4-2-1-3-11(12)16-14(17)20/h1-4H,5-10H2,(H,16,20). The van der Waals surface area contributed by atoms with E-state index in [4.69, 9.17) is 4.74 Å². The third-order valence-corrected chi connectivity index (χ3v) is 4.51. The average molecular weight is 287 g/mol. The summed E-state index contributed by atoms with van der Waals surface area (Å²) in [7, 11) is 0. The number of para-hydroxylation sites is 2. The van der Waals surface area contributed by atoms with Gasteiger partial charge in [-0.15, -0.1) is 0 Å². The molecule has 6 nitrogen and oxygen atoms in total. The van der Waals surface area contributed by atoms with Crippen molar-refractivity contribution in [3.05, 3.63) is 34.7 Å². The second-order valence-electron chi connectivity index (χ2n) is 5.86. The van der Waals surface area contributed by atoms with E-state index in [9.17, 15) is 9.59 Å². The third kappa shape index (κ3) is 1.98. The lowest BCUT2D eigenvalue weighted by Crippen LogP contribution is -2.52. The quantitative estimate of drug-likeness (QED) is 0.885. The minimum atomic E-state index is -0.234. The molecule has 110 valence electrons. The van der Waals surface area contributed by atoms with Crippen molar-refractivity contribution in [2.75, 3.05) is 19.8 Å². The van der Waals surface area contributed by atoms with Crippen LogP contribution >= 0.6 is 0 Å². The van der Waals surface area contributed by atoms with Gasteiger partial charge in [-0.05, 0) is 25.0 Å². The van der Waals surface area contributed by atoms with Crippen molar-refractivity contribution < 1.29 is 9.53 Å². The van der Waals surface area contributed by atoms with E-state index in [-0.39, 0.29) is 23.7 Å². The number of imidazole rings is 1. The number of rotatable bonds is 2. The minimum Gasteiger partial charge on any atom is -0.377 e. The maximum Gasteiger partial charge on any atom is 0.326 e. The van der Waals surface area contributed by atoms with Gasteiger partial charge in [-0.3, -0.25) is 9.36 Å². The number of hydrogen-bond donors (Lipinski definition) is 1. The van der Waals surface area contributed by atoms with Gasteiger partial charge in [0.05, 0.1) is 29.8 Å². The number of aromatic nitrogens is 2. The van der Waals surface area contributed by atoms with Gasteiger partial charge in [0.15, 0.2) is 0 Å². The van der Waals surface area contributed by atoms with Crippen molar-refractivity contribution in [3.63, 3.8) is 0 Å². The highest BCUT2D eigenvalue weighted by Gasteiger charge is 2.51. The molecule has 1 aromatic carbocycles. The Balaban J connectivity index is 1.64. The molecule has 0 bridgehead atoms. The van der Waals surface area contributed by atoms with Gasteiger partial charge in [0.2, 0.25) is 5.91 Å². The summed E-state index contributed by atoms with van der Waals surface area (Å²) in [5, 5.41) is 0. The lowest BCUT2D eigenvalue weighted by molar-refractivity contribution is -0.142. The SMILES string of the molecule is O=C(Cn1c(=O)[nH]c2ccccc21)N1CCOCC12CC2. The number of benzene rings is 1. The Bertz CT molecular complexity index is 757. The number of morpholine rings is 1. The summed E-state index contributed by atoms with van der Waals surface area (Å²) in [6, 6.07) is 7.43. The summed E-state index contributed by atoms with van der Waals surface area (Å²) in [6.07, 6.45) is 2.00. The number of carbonyl (C=O) groups is 1. The van der Waals surface area contributed by atoms with Crippen LogP contribution in [0.5, 0.6) is 0 Å². The minimum absolute atomic E-state index is 0.00246. The largest absolute Gasteiger partial charge is 0.377 e. The zero-order valence-electron chi connectivity index (χ0n) is 11.7. The van der Waals surface area contributed by atoms with Crippen LogP contribution in [0.1, 0.15) is 12.8 Å². The Morgan fingerprint density at radius 2 is 2.14 bits per heavy atom. The molecule has 0 radical (unpaired) electrons. The molecule has 1 aliphatic heterocycles. The maximum atomic E-state index is 12.6. The van der Waals surface area contributed by atoms with Crippen molar-refractivity contribution in [1.82, 2.24) is 14.5 Å². The van der Waals surface area contributed by atoms with Crippen LogP contribution in [0.2, 0.25) is 0 Å². The molecule has 1 N–H and O–H groups in total. The lowest BCUT2D eigenvalue weighted by atomic mass is 10.2. The number of carbonyl (C=O) groups excluding carboxylic acids is 1. The second-order valence-corrected chi connectivity index (χ2v) is 5.86. The predicted molar refractivity (Wildman–Crippen MR) is 77.1 cm³/mol. The molecular formula is C15H17N3O3. The van der Waals surface area contributed by atoms with Crippen molar-refractivity contribution in [3.8, 4) is 0 Å². The molecule has 1 aromatic heterocycles. The Kier molecular flexibility index (Phi) is 2.68. The maximum absolute atomic E-state index is 12.6. The van der Waals surface area contributed by atoms with Crippen LogP contribution in [0, 0.1) is 0 Å². The monoisotopic (exact) mass is 287 g/mol. The van der Waals surface area contributed by atoms with Crippen LogP contribution in [-0.4, -0.2) is 45.7 Å². The molecule has 6 heteroatoms. The molecule has 1 spiro atoms. The lowest BCUT2D eigenvalue weighted by Gasteiger charge is -2.36. The van der Waals surface area contributed by atoms with Crippen molar-refractivity contribution in [2.24, 2.45) is 0 Å². The van der Waals surface area contributed by atoms with Crippen LogP contribution in [0.3, 0.4) is 0 Å². The number of fused-ring (bicyclic) bond motifs is 1. The van der Waals surface area contributed by atoms with E-state index in [1.54, 1.807) is 0 Å². The molecule has 2 aliphatic rings. The summed E-state index contributed by atoms with van der Waals surface area (Å²) < 4.78 is 7.01. The highest BCUT2D eigenvalue weighted by molar-refractivity contribution is 5.81. The van der Waals surface area contributed by atoms with Crippen molar-refractivity contribution in [2.45, 2.75) is 24.9 Å².